The van der Waals surface area contributed by atoms with Crippen molar-refractivity contribution in [3.05, 3.63) is 60.4 Å². The Bertz CT molecular complexity index is 974. The first kappa shape index (κ1) is 20.2. The maximum Gasteiger partial charge on any atom is 0.234 e. The minimum absolute atomic E-state index is 0.0507. The number of anilines is 1. The SMILES string of the molecule is CN(CC(=O)NCCc1cccc2cccnc12)CC1CCCN1c1cccnn1. The van der Waals surface area contributed by atoms with E-state index in [-0.39, 0.29) is 5.91 Å². The van der Waals surface area contributed by atoms with Crippen LogP contribution >= 0.6 is 0 Å². The Labute approximate surface area is 177 Å². The molecule has 4 rings (SSSR count). The zero-order chi connectivity index (χ0) is 20.8. The van der Waals surface area contributed by atoms with Crippen LogP contribution in [0.15, 0.2) is 54.9 Å². The Morgan fingerprint density at radius 2 is 2.07 bits per heavy atom. The molecule has 3 aromatic rings. The summed E-state index contributed by atoms with van der Waals surface area (Å²) >= 11 is 0. The molecule has 1 aliphatic heterocycles. The van der Waals surface area contributed by atoms with Crippen molar-refractivity contribution in [3.63, 3.8) is 0 Å². The number of carbonyl (C=O) groups excluding carboxylic acids is 1. The molecule has 0 spiro atoms. The molecule has 0 radical (unpaired) electrons. The third-order valence-corrected chi connectivity index (χ3v) is 5.60. The van der Waals surface area contributed by atoms with Gasteiger partial charge in [0.1, 0.15) is 0 Å². The molecule has 1 aromatic carbocycles. The molecule has 3 heterocycles. The number of amides is 1. The molecule has 1 fully saturated rings. The summed E-state index contributed by atoms with van der Waals surface area (Å²) in [4.78, 5) is 21.3. The first-order chi connectivity index (χ1) is 14.7. The van der Waals surface area contributed by atoms with Gasteiger partial charge in [-0.25, -0.2) is 0 Å². The van der Waals surface area contributed by atoms with Crippen molar-refractivity contribution in [1.29, 1.82) is 0 Å². The minimum Gasteiger partial charge on any atom is -0.355 e. The Morgan fingerprint density at radius 3 is 2.93 bits per heavy atom. The normalized spacial score (nSPS) is 16.3. The lowest BCUT2D eigenvalue weighted by molar-refractivity contribution is -0.121. The molecule has 1 amide bonds. The fraction of sp³-hybridized carbons (Fsp3) is 0.391. The highest BCUT2D eigenvalue weighted by Gasteiger charge is 2.27. The van der Waals surface area contributed by atoms with Gasteiger partial charge in [-0.1, -0.05) is 24.3 Å². The average molecular weight is 405 g/mol. The van der Waals surface area contributed by atoms with Gasteiger partial charge in [0, 0.05) is 43.5 Å². The zero-order valence-electron chi connectivity index (χ0n) is 17.4. The largest absolute Gasteiger partial charge is 0.355 e. The number of nitrogens with one attached hydrogen (secondary N) is 1. The van der Waals surface area contributed by atoms with Crippen LogP contribution in [0, 0.1) is 0 Å². The number of para-hydroxylation sites is 1. The minimum atomic E-state index is 0.0507. The lowest BCUT2D eigenvalue weighted by atomic mass is 10.1. The van der Waals surface area contributed by atoms with E-state index in [4.69, 9.17) is 0 Å². The van der Waals surface area contributed by atoms with Gasteiger partial charge in [0.2, 0.25) is 5.91 Å². The van der Waals surface area contributed by atoms with Crippen molar-refractivity contribution in [2.75, 3.05) is 38.1 Å². The fourth-order valence-electron chi connectivity index (χ4n) is 4.20. The van der Waals surface area contributed by atoms with Gasteiger partial charge in [0.15, 0.2) is 5.82 Å². The quantitative estimate of drug-likeness (QED) is 0.621. The molecule has 1 N–H and O–H groups in total. The molecule has 2 aromatic heterocycles. The number of likely N-dealkylation sites (N-methyl/N-ethyl adjacent to an activating group) is 1. The van der Waals surface area contributed by atoms with Crippen LogP contribution in [0.3, 0.4) is 0 Å². The van der Waals surface area contributed by atoms with Crippen molar-refractivity contribution in [2.24, 2.45) is 0 Å². The maximum atomic E-state index is 12.4. The van der Waals surface area contributed by atoms with Gasteiger partial charge >= 0.3 is 0 Å². The third kappa shape index (κ3) is 4.91. The first-order valence-corrected chi connectivity index (χ1v) is 10.5. The number of benzene rings is 1. The molecule has 1 unspecified atom stereocenters. The second-order valence-electron chi connectivity index (χ2n) is 7.86. The number of nitrogens with zero attached hydrogens (tertiary/aromatic N) is 5. The first-order valence-electron chi connectivity index (χ1n) is 10.5. The third-order valence-electron chi connectivity index (χ3n) is 5.60. The molecule has 0 aliphatic carbocycles. The molecule has 1 aliphatic rings. The summed E-state index contributed by atoms with van der Waals surface area (Å²) in [5.41, 5.74) is 2.17. The van der Waals surface area contributed by atoms with Gasteiger partial charge in [-0.05, 0) is 50.1 Å². The average Bonchev–Trinajstić information content (AvgIpc) is 3.22. The molecule has 30 heavy (non-hydrogen) atoms. The van der Waals surface area contributed by atoms with E-state index in [1.165, 1.54) is 0 Å². The van der Waals surface area contributed by atoms with Gasteiger partial charge in [-0.15, -0.1) is 5.10 Å². The molecule has 1 saturated heterocycles. The van der Waals surface area contributed by atoms with Crippen LogP contribution < -0.4 is 10.2 Å². The number of rotatable bonds is 8. The van der Waals surface area contributed by atoms with E-state index in [2.05, 4.69) is 48.5 Å². The van der Waals surface area contributed by atoms with E-state index in [9.17, 15) is 4.79 Å². The predicted octanol–water partition coefficient (Wildman–Crippen LogP) is 2.28. The zero-order valence-corrected chi connectivity index (χ0v) is 17.4. The summed E-state index contributed by atoms with van der Waals surface area (Å²) < 4.78 is 0. The van der Waals surface area contributed by atoms with Crippen molar-refractivity contribution in [1.82, 2.24) is 25.4 Å². The van der Waals surface area contributed by atoms with Crippen LogP contribution in [0.25, 0.3) is 10.9 Å². The van der Waals surface area contributed by atoms with Crippen molar-refractivity contribution < 1.29 is 4.79 Å². The highest BCUT2D eigenvalue weighted by molar-refractivity contribution is 5.82. The lowest BCUT2D eigenvalue weighted by Crippen LogP contribution is -2.43. The van der Waals surface area contributed by atoms with Crippen molar-refractivity contribution in [3.8, 4) is 0 Å². The lowest BCUT2D eigenvalue weighted by Gasteiger charge is -2.28. The summed E-state index contributed by atoms with van der Waals surface area (Å²) in [6, 6.07) is 14.5. The van der Waals surface area contributed by atoms with Crippen LogP contribution in [0.4, 0.5) is 5.82 Å². The summed E-state index contributed by atoms with van der Waals surface area (Å²) in [6.45, 7) is 2.82. The summed E-state index contributed by atoms with van der Waals surface area (Å²) in [5, 5.41) is 12.4. The van der Waals surface area contributed by atoms with Gasteiger partial charge < -0.3 is 10.2 Å². The van der Waals surface area contributed by atoms with Gasteiger partial charge in [-0.3, -0.25) is 14.7 Å². The molecule has 7 heteroatoms. The van der Waals surface area contributed by atoms with Crippen molar-refractivity contribution in [2.45, 2.75) is 25.3 Å². The van der Waals surface area contributed by atoms with Crippen LogP contribution in [-0.2, 0) is 11.2 Å². The van der Waals surface area contributed by atoms with Crippen LogP contribution in [-0.4, -0.2) is 65.3 Å². The Kier molecular flexibility index (Phi) is 6.49. The summed E-state index contributed by atoms with van der Waals surface area (Å²) in [6.07, 6.45) is 6.52. The Balaban J connectivity index is 1.25. The van der Waals surface area contributed by atoms with E-state index in [0.717, 1.165) is 54.6 Å². The summed E-state index contributed by atoms with van der Waals surface area (Å²) in [7, 11) is 2.00. The van der Waals surface area contributed by atoms with Crippen LogP contribution in [0.2, 0.25) is 0 Å². The Hall–Kier alpha value is -3.06. The molecular formula is C23H28N6O. The second-order valence-corrected chi connectivity index (χ2v) is 7.86. The number of fused-ring (bicyclic) bond motifs is 1. The van der Waals surface area contributed by atoms with Gasteiger partial charge in [0.25, 0.3) is 0 Å². The van der Waals surface area contributed by atoms with E-state index >= 15 is 0 Å². The number of hydrogen-bond donors (Lipinski definition) is 1. The van der Waals surface area contributed by atoms with E-state index < -0.39 is 0 Å². The smallest absolute Gasteiger partial charge is 0.234 e. The maximum absolute atomic E-state index is 12.4. The number of carbonyl (C=O) groups is 1. The van der Waals surface area contributed by atoms with Crippen LogP contribution in [0.1, 0.15) is 18.4 Å². The number of hydrogen-bond acceptors (Lipinski definition) is 6. The van der Waals surface area contributed by atoms with Crippen molar-refractivity contribution >= 4 is 22.6 Å². The van der Waals surface area contributed by atoms with Gasteiger partial charge in [0.05, 0.1) is 12.1 Å². The van der Waals surface area contributed by atoms with E-state index in [0.29, 0.717) is 19.1 Å². The van der Waals surface area contributed by atoms with Gasteiger partial charge in [-0.2, -0.15) is 5.10 Å². The monoisotopic (exact) mass is 404 g/mol. The summed E-state index contributed by atoms with van der Waals surface area (Å²) in [5.74, 6) is 0.969. The standard InChI is InChI=1S/C23H28N6O/c1-28(16-20-9-5-15-29(20)21-10-4-13-26-27-21)17-22(30)24-14-11-19-7-2-6-18-8-3-12-25-23(18)19/h2-4,6-8,10,12-13,20H,5,9,11,14-17H2,1H3,(H,24,30). The molecular weight excluding hydrogens is 376 g/mol. The van der Waals surface area contributed by atoms with E-state index in [1.54, 1.807) is 6.20 Å². The van der Waals surface area contributed by atoms with E-state index in [1.807, 2.05) is 37.5 Å². The highest BCUT2D eigenvalue weighted by Crippen LogP contribution is 2.23. The number of aromatic nitrogens is 3. The molecule has 7 nitrogen and oxygen atoms in total. The fourth-order valence-corrected chi connectivity index (χ4v) is 4.20. The van der Waals surface area contributed by atoms with Crippen LogP contribution in [0.5, 0.6) is 0 Å². The second kappa shape index (κ2) is 9.63. The molecule has 156 valence electrons. The Morgan fingerprint density at radius 1 is 1.20 bits per heavy atom. The molecule has 0 bridgehead atoms. The topological polar surface area (TPSA) is 74.2 Å². The predicted molar refractivity (Wildman–Crippen MR) is 118 cm³/mol. The number of pyridine rings is 1. The molecule has 1 atom stereocenters. The highest BCUT2D eigenvalue weighted by atomic mass is 16.2. The molecule has 0 saturated carbocycles.